The summed E-state index contributed by atoms with van der Waals surface area (Å²) in [4.78, 5) is 33.3. The van der Waals surface area contributed by atoms with Gasteiger partial charge in [0.2, 0.25) is 0 Å². The Labute approximate surface area is 245 Å². The van der Waals surface area contributed by atoms with Gasteiger partial charge >= 0.3 is 5.97 Å². The zero-order valence-electron chi connectivity index (χ0n) is 22.2. The summed E-state index contributed by atoms with van der Waals surface area (Å²) in [6, 6.07) is 22.3. The maximum atomic E-state index is 13.9. The van der Waals surface area contributed by atoms with Crippen molar-refractivity contribution in [2.45, 2.75) is 31.4 Å². The van der Waals surface area contributed by atoms with Crippen molar-refractivity contribution in [1.29, 1.82) is 0 Å². The molecule has 1 aliphatic heterocycles. The number of fused-ring (bicyclic) bond motifs is 1. The topological polar surface area (TPSA) is 69.9 Å². The summed E-state index contributed by atoms with van der Waals surface area (Å²) in [5.41, 5.74) is 3.23. The smallest absolute Gasteiger partial charge is 0.338 e. The molecule has 9 heteroatoms. The fourth-order valence-electron chi connectivity index (χ4n) is 4.51. The Morgan fingerprint density at radius 3 is 2.52 bits per heavy atom. The van der Waals surface area contributed by atoms with E-state index in [4.69, 9.17) is 21.1 Å². The second-order valence-electron chi connectivity index (χ2n) is 9.03. The molecule has 1 aromatic heterocycles. The third-order valence-electron chi connectivity index (χ3n) is 6.46. The molecular formula is C31H27ClN2O4S2. The van der Waals surface area contributed by atoms with Crippen molar-refractivity contribution in [3.05, 3.63) is 125 Å². The van der Waals surface area contributed by atoms with Crippen molar-refractivity contribution in [3.8, 4) is 5.75 Å². The first-order chi connectivity index (χ1) is 19.4. The molecule has 0 fully saturated rings. The lowest BCUT2D eigenvalue weighted by Crippen LogP contribution is -2.39. The molecule has 0 bridgehead atoms. The molecule has 40 heavy (non-hydrogen) atoms. The van der Waals surface area contributed by atoms with Gasteiger partial charge in [-0.25, -0.2) is 9.79 Å². The van der Waals surface area contributed by atoms with Gasteiger partial charge in [-0.15, -0.1) is 11.8 Å². The molecule has 0 aliphatic carbocycles. The average Bonchev–Trinajstić information content (AvgIpc) is 3.26. The van der Waals surface area contributed by atoms with Crippen LogP contribution in [0.2, 0.25) is 5.02 Å². The van der Waals surface area contributed by atoms with E-state index in [0.29, 0.717) is 38.0 Å². The van der Waals surface area contributed by atoms with Crippen LogP contribution >= 0.6 is 34.7 Å². The number of hydrogen-bond donors (Lipinski definition) is 0. The van der Waals surface area contributed by atoms with Gasteiger partial charge < -0.3 is 9.47 Å². The van der Waals surface area contributed by atoms with E-state index in [9.17, 15) is 9.59 Å². The van der Waals surface area contributed by atoms with Crippen LogP contribution in [0.4, 0.5) is 0 Å². The summed E-state index contributed by atoms with van der Waals surface area (Å²) in [6.07, 6.45) is 3.82. The van der Waals surface area contributed by atoms with Crippen LogP contribution in [-0.2, 0) is 16.1 Å². The standard InChI is InChI=1S/C31H27ClN2O4S2/c1-4-37-30(36)27-19(2)33-31-34(28(27)21-11-15-24(39-3)16-12-21)29(35)26(40-31)17-22-7-5-6-8-25(22)38-18-20-9-13-23(32)14-10-20/h5-17,28H,4,18H2,1-3H3/b26-17-/t28-/m1/s1. The third-order valence-corrected chi connectivity index (χ3v) is 8.44. The lowest BCUT2D eigenvalue weighted by Gasteiger charge is -2.24. The first-order valence-electron chi connectivity index (χ1n) is 12.7. The molecule has 0 unspecified atom stereocenters. The SMILES string of the molecule is CCOC(=O)C1=C(C)N=c2s/c(=C\c3ccccc3OCc3ccc(Cl)cc3)c(=O)n2[C@@H]1c1ccc(SC)cc1. The first-order valence-corrected chi connectivity index (χ1v) is 15.1. The van der Waals surface area contributed by atoms with Crippen LogP contribution in [0.5, 0.6) is 5.75 Å². The van der Waals surface area contributed by atoms with Gasteiger partial charge in [0.1, 0.15) is 12.4 Å². The van der Waals surface area contributed by atoms with Gasteiger partial charge in [0.25, 0.3) is 5.56 Å². The molecule has 0 N–H and O–H groups in total. The molecular weight excluding hydrogens is 564 g/mol. The van der Waals surface area contributed by atoms with Crippen LogP contribution in [-0.4, -0.2) is 23.4 Å². The van der Waals surface area contributed by atoms with Crippen LogP contribution in [0.1, 0.15) is 36.6 Å². The predicted molar refractivity (Wildman–Crippen MR) is 161 cm³/mol. The minimum atomic E-state index is -0.648. The number of allylic oxidation sites excluding steroid dienone is 1. The minimum absolute atomic E-state index is 0.227. The van der Waals surface area contributed by atoms with E-state index in [1.54, 1.807) is 30.2 Å². The number of hydrogen-bond acceptors (Lipinski definition) is 7. The van der Waals surface area contributed by atoms with Crippen molar-refractivity contribution in [2.75, 3.05) is 12.9 Å². The van der Waals surface area contributed by atoms with Crippen molar-refractivity contribution >= 4 is 46.7 Å². The van der Waals surface area contributed by atoms with Crippen LogP contribution < -0.4 is 19.6 Å². The molecule has 204 valence electrons. The number of nitrogens with zero attached hydrogens (tertiary/aromatic N) is 2. The molecule has 3 aromatic carbocycles. The Kier molecular flexibility index (Phi) is 8.59. The summed E-state index contributed by atoms with van der Waals surface area (Å²) in [5.74, 6) is 0.175. The highest BCUT2D eigenvalue weighted by molar-refractivity contribution is 7.98. The maximum Gasteiger partial charge on any atom is 0.338 e. The van der Waals surface area contributed by atoms with E-state index < -0.39 is 12.0 Å². The number of ether oxygens (including phenoxy) is 2. The number of benzene rings is 3. The van der Waals surface area contributed by atoms with Gasteiger partial charge in [-0.05, 0) is 67.6 Å². The molecule has 1 atom stereocenters. The molecule has 0 spiro atoms. The predicted octanol–water partition coefficient (Wildman–Crippen LogP) is 5.75. The zero-order valence-corrected chi connectivity index (χ0v) is 24.6. The summed E-state index contributed by atoms with van der Waals surface area (Å²) >= 11 is 8.92. The van der Waals surface area contributed by atoms with Gasteiger partial charge in [-0.2, -0.15) is 0 Å². The van der Waals surface area contributed by atoms with Crippen molar-refractivity contribution in [1.82, 2.24) is 4.57 Å². The Morgan fingerprint density at radius 1 is 1.10 bits per heavy atom. The number of esters is 1. The molecule has 6 nitrogen and oxygen atoms in total. The van der Waals surface area contributed by atoms with E-state index in [2.05, 4.69) is 4.99 Å². The average molecular weight is 591 g/mol. The molecule has 5 rings (SSSR count). The normalized spacial score (nSPS) is 15.0. The highest BCUT2D eigenvalue weighted by atomic mass is 35.5. The Balaban J connectivity index is 1.59. The number of thioether (sulfide) groups is 1. The molecule has 4 aromatic rings. The molecule has 0 amide bonds. The van der Waals surface area contributed by atoms with Gasteiger partial charge in [0.05, 0.1) is 28.5 Å². The quantitative estimate of drug-likeness (QED) is 0.193. The fraction of sp³-hybridized carbons (Fsp3) is 0.194. The van der Waals surface area contributed by atoms with E-state index in [0.717, 1.165) is 21.6 Å². The van der Waals surface area contributed by atoms with Crippen molar-refractivity contribution < 1.29 is 14.3 Å². The summed E-state index contributed by atoms with van der Waals surface area (Å²) < 4.78 is 13.6. The first kappa shape index (κ1) is 28.0. The Morgan fingerprint density at radius 2 is 1.82 bits per heavy atom. The number of rotatable bonds is 8. The van der Waals surface area contributed by atoms with Crippen LogP contribution in [0.3, 0.4) is 0 Å². The van der Waals surface area contributed by atoms with E-state index in [-0.39, 0.29) is 12.2 Å². The number of carbonyl (C=O) groups is 1. The van der Waals surface area contributed by atoms with E-state index in [1.807, 2.05) is 85.1 Å². The second kappa shape index (κ2) is 12.3. The highest BCUT2D eigenvalue weighted by Crippen LogP contribution is 2.31. The van der Waals surface area contributed by atoms with E-state index in [1.165, 1.54) is 11.3 Å². The number of aromatic nitrogens is 1. The Bertz CT molecular complexity index is 1760. The van der Waals surface area contributed by atoms with Crippen molar-refractivity contribution in [3.63, 3.8) is 0 Å². The third kappa shape index (κ3) is 5.80. The molecule has 0 radical (unpaired) electrons. The Hall–Kier alpha value is -3.59. The lowest BCUT2D eigenvalue weighted by atomic mass is 9.96. The maximum absolute atomic E-state index is 13.9. The van der Waals surface area contributed by atoms with Crippen LogP contribution in [0.25, 0.3) is 6.08 Å². The summed E-state index contributed by atoms with van der Waals surface area (Å²) in [6.45, 7) is 4.13. The minimum Gasteiger partial charge on any atom is -0.488 e. The molecule has 0 saturated carbocycles. The number of carbonyl (C=O) groups excluding carboxylic acids is 1. The highest BCUT2D eigenvalue weighted by Gasteiger charge is 2.33. The van der Waals surface area contributed by atoms with Crippen LogP contribution in [0.15, 0.2) is 98.7 Å². The summed E-state index contributed by atoms with van der Waals surface area (Å²) in [5, 5.41) is 0.666. The number of thiazole rings is 1. The fourth-order valence-corrected chi connectivity index (χ4v) is 6.08. The summed E-state index contributed by atoms with van der Waals surface area (Å²) in [7, 11) is 0. The molecule has 1 aliphatic rings. The molecule has 0 saturated heterocycles. The largest absolute Gasteiger partial charge is 0.488 e. The van der Waals surface area contributed by atoms with Gasteiger partial charge in [0, 0.05) is 15.5 Å². The zero-order chi connectivity index (χ0) is 28.2. The van der Waals surface area contributed by atoms with Crippen molar-refractivity contribution in [2.24, 2.45) is 4.99 Å². The van der Waals surface area contributed by atoms with Gasteiger partial charge in [0.15, 0.2) is 4.80 Å². The van der Waals surface area contributed by atoms with Crippen LogP contribution in [0, 0.1) is 0 Å². The van der Waals surface area contributed by atoms with Gasteiger partial charge in [-0.3, -0.25) is 9.36 Å². The second-order valence-corrected chi connectivity index (χ2v) is 11.4. The lowest BCUT2D eigenvalue weighted by molar-refractivity contribution is -0.139. The monoisotopic (exact) mass is 590 g/mol. The number of halogens is 1. The molecule has 2 heterocycles. The van der Waals surface area contributed by atoms with E-state index >= 15 is 0 Å². The van der Waals surface area contributed by atoms with Gasteiger partial charge in [-0.1, -0.05) is 65.4 Å². The number of para-hydroxylation sites is 1.